The molecule has 35 heavy (non-hydrogen) atoms. The number of nitrogens with one attached hydrogen (secondary N) is 2. The van der Waals surface area contributed by atoms with Crippen LogP contribution in [0, 0.1) is 6.92 Å². The van der Waals surface area contributed by atoms with Crippen molar-refractivity contribution in [3.63, 3.8) is 0 Å². The van der Waals surface area contributed by atoms with Crippen LogP contribution in [0.25, 0.3) is 0 Å². The Morgan fingerprint density at radius 2 is 1.83 bits per heavy atom. The highest BCUT2D eigenvalue weighted by molar-refractivity contribution is 7.99. The zero-order valence-corrected chi connectivity index (χ0v) is 21.0. The number of carbonyl (C=O) groups is 3. The van der Waals surface area contributed by atoms with Crippen LogP contribution >= 0.6 is 11.8 Å². The first kappa shape index (κ1) is 26.0. The van der Waals surface area contributed by atoms with Gasteiger partial charge in [-0.2, -0.15) is 0 Å². The number of hydrogen-bond acceptors (Lipinski definition) is 7. The van der Waals surface area contributed by atoms with E-state index in [1.165, 1.54) is 11.8 Å². The zero-order valence-electron chi connectivity index (χ0n) is 20.2. The summed E-state index contributed by atoms with van der Waals surface area (Å²) in [5.74, 6) is -0.196. The number of hydrogen-bond donors (Lipinski definition) is 2. The van der Waals surface area contributed by atoms with E-state index in [2.05, 4.69) is 20.8 Å². The van der Waals surface area contributed by atoms with E-state index < -0.39 is 5.97 Å². The van der Waals surface area contributed by atoms with Crippen LogP contribution in [-0.4, -0.2) is 44.9 Å². The number of rotatable bonds is 10. The Morgan fingerprint density at radius 3 is 2.57 bits per heavy atom. The number of thioether (sulfide) groups is 1. The Balaban J connectivity index is 1.55. The topological polar surface area (TPSA) is 115 Å². The van der Waals surface area contributed by atoms with Gasteiger partial charge in [-0.3, -0.25) is 9.59 Å². The van der Waals surface area contributed by atoms with E-state index in [1.54, 1.807) is 41.9 Å². The van der Waals surface area contributed by atoms with Crippen LogP contribution in [0.15, 0.2) is 53.7 Å². The predicted molar refractivity (Wildman–Crippen MR) is 134 cm³/mol. The number of carbonyl (C=O) groups excluding carboxylic acids is 3. The maximum Gasteiger partial charge on any atom is 0.338 e. The molecule has 9 nitrogen and oxygen atoms in total. The van der Waals surface area contributed by atoms with Gasteiger partial charge in [0, 0.05) is 18.3 Å². The van der Waals surface area contributed by atoms with E-state index in [9.17, 15) is 14.4 Å². The monoisotopic (exact) mass is 495 g/mol. The van der Waals surface area contributed by atoms with Gasteiger partial charge in [0.25, 0.3) is 5.91 Å². The Morgan fingerprint density at radius 1 is 1.09 bits per heavy atom. The molecule has 1 heterocycles. The Kier molecular flexibility index (Phi) is 9.02. The average molecular weight is 496 g/mol. The molecule has 1 aromatic heterocycles. The molecule has 3 aromatic rings. The summed E-state index contributed by atoms with van der Waals surface area (Å²) < 4.78 is 6.89. The first-order valence-electron chi connectivity index (χ1n) is 11.2. The minimum Gasteiger partial charge on any atom is -0.462 e. The number of amides is 2. The molecule has 0 bridgehead atoms. The van der Waals surface area contributed by atoms with E-state index in [4.69, 9.17) is 4.74 Å². The number of anilines is 1. The molecule has 2 aromatic carbocycles. The summed E-state index contributed by atoms with van der Waals surface area (Å²) in [6.07, 6.45) is 0.737. The van der Waals surface area contributed by atoms with Crippen molar-refractivity contribution in [1.82, 2.24) is 20.1 Å². The van der Waals surface area contributed by atoms with Gasteiger partial charge in [-0.15, -0.1) is 10.2 Å². The van der Waals surface area contributed by atoms with Crippen molar-refractivity contribution in [3.05, 3.63) is 71.0 Å². The van der Waals surface area contributed by atoms with Crippen LogP contribution in [-0.2, 0) is 16.6 Å². The predicted octanol–water partition coefficient (Wildman–Crippen LogP) is 3.91. The first-order valence-corrected chi connectivity index (χ1v) is 12.2. The van der Waals surface area contributed by atoms with Gasteiger partial charge in [0.05, 0.1) is 24.0 Å². The minimum absolute atomic E-state index is 0.0977. The number of benzene rings is 2. The summed E-state index contributed by atoms with van der Waals surface area (Å²) in [6.45, 7) is 6.03. The van der Waals surface area contributed by atoms with Gasteiger partial charge < -0.3 is 19.9 Å². The summed E-state index contributed by atoms with van der Waals surface area (Å²) in [4.78, 5) is 37.0. The summed E-state index contributed by atoms with van der Waals surface area (Å²) in [5.41, 5.74) is 2.47. The lowest BCUT2D eigenvalue weighted by Crippen LogP contribution is -2.28. The fraction of sp³-hybridized carbons (Fsp3) is 0.320. The SMILES string of the molecule is CCCOC(=O)c1cccc(NC(=O)CSc2nnc([C@@H](C)NC(=O)c3cccc(C)c3)n2C)c1. The largest absolute Gasteiger partial charge is 0.462 e. The van der Waals surface area contributed by atoms with Crippen molar-refractivity contribution >= 4 is 35.2 Å². The third-order valence-electron chi connectivity index (χ3n) is 5.04. The Hall–Kier alpha value is -3.66. The van der Waals surface area contributed by atoms with Gasteiger partial charge in [0.15, 0.2) is 11.0 Å². The molecule has 3 rings (SSSR count). The van der Waals surface area contributed by atoms with Crippen molar-refractivity contribution in [2.45, 2.75) is 38.4 Å². The second-order valence-electron chi connectivity index (χ2n) is 8.02. The third kappa shape index (κ3) is 7.16. The molecule has 0 fully saturated rings. The summed E-state index contributed by atoms with van der Waals surface area (Å²) in [6, 6.07) is 13.6. The average Bonchev–Trinajstić information content (AvgIpc) is 3.21. The number of aromatic nitrogens is 3. The Labute approximate surface area is 208 Å². The molecule has 0 saturated carbocycles. The lowest BCUT2D eigenvalue weighted by Gasteiger charge is -2.14. The summed E-state index contributed by atoms with van der Waals surface area (Å²) in [7, 11) is 1.79. The molecule has 10 heteroatoms. The molecule has 1 atom stereocenters. The third-order valence-corrected chi connectivity index (χ3v) is 6.06. The molecule has 0 aliphatic heterocycles. The molecule has 2 amide bonds. The number of nitrogens with zero attached hydrogens (tertiary/aromatic N) is 3. The molecule has 0 radical (unpaired) electrons. The van der Waals surface area contributed by atoms with Crippen molar-refractivity contribution < 1.29 is 19.1 Å². The molecular weight excluding hydrogens is 466 g/mol. The van der Waals surface area contributed by atoms with E-state index in [-0.39, 0.29) is 23.6 Å². The van der Waals surface area contributed by atoms with Gasteiger partial charge in [-0.05, 0) is 50.6 Å². The smallest absolute Gasteiger partial charge is 0.338 e. The maximum atomic E-state index is 12.5. The highest BCUT2D eigenvalue weighted by Crippen LogP contribution is 2.20. The number of esters is 1. The lowest BCUT2D eigenvalue weighted by molar-refractivity contribution is -0.113. The van der Waals surface area contributed by atoms with Crippen LogP contribution in [0.4, 0.5) is 5.69 Å². The molecular formula is C25H29N5O4S. The van der Waals surface area contributed by atoms with Gasteiger partial charge >= 0.3 is 5.97 Å². The first-order chi connectivity index (χ1) is 16.8. The van der Waals surface area contributed by atoms with Gasteiger partial charge in [0.2, 0.25) is 5.91 Å². The normalized spacial score (nSPS) is 11.5. The second kappa shape index (κ2) is 12.2. The van der Waals surface area contributed by atoms with Crippen molar-refractivity contribution in [3.8, 4) is 0 Å². The molecule has 0 unspecified atom stereocenters. The second-order valence-corrected chi connectivity index (χ2v) is 8.96. The van der Waals surface area contributed by atoms with Gasteiger partial charge in [-0.1, -0.05) is 42.4 Å². The quantitative estimate of drug-likeness (QED) is 0.324. The highest BCUT2D eigenvalue weighted by Gasteiger charge is 2.19. The summed E-state index contributed by atoms with van der Waals surface area (Å²) in [5, 5.41) is 14.6. The standard InChI is InChI=1S/C25H29N5O4S/c1-5-12-34-24(33)19-10-7-11-20(14-19)27-21(31)15-35-25-29-28-22(30(25)4)17(3)26-23(32)18-9-6-8-16(2)13-18/h6-11,13-14,17H,5,12,15H2,1-4H3,(H,26,32)(H,27,31)/t17-/m1/s1. The van der Waals surface area contributed by atoms with Gasteiger partial charge in [0.1, 0.15) is 0 Å². The van der Waals surface area contributed by atoms with Crippen LogP contribution < -0.4 is 10.6 Å². The lowest BCUT2D eigenvalue weighted by atomic mass is 10.1. The van der Waals surface area contributed by atoms with Crippen LogP contribution in [0.3, 0.4) is 0 Å². The molecule has 0 aliphatic rings. The van der Waals surface area contributed by atoms with E-state index in [1.807, 2.05) is 39.0 Å². The van der Waals surface area contributed by atoms with Crippen LogP contribution in [0.1, 0.15) is 58.4 Å². The van der Waals surface area contributed by atoms with Crippen LogP contribution in [0.2, 0.25) is 0 Å². The van der Waals surface area contributed by atoms with Crippen molar-refractivity contribution in [2.75, 3.05) is 17.7 Å². The molecule has 0 saturated heterocycles. The molecule has 2 N–H and O–H groups in total. The number of ether oxygens (including phenoxy) is 1. The van der Waals surface area contributed by atoms with Crippen LogP contribution in [0.5, 0.6) is 0 Å². The fourth-order valence-electron chi connectivity index (χ4n) is 3.29. The van der Waals surface area contributed by atoms with E-state index >= 15 is 0 Å². The maximum absolute atomic E-state index is 12.5. The molecule has 0 aliphatic carbocycles. The molecule has 0 spiro atoms. The van der Waals surface area contributed by atoms with Crippen molar-refractivity contribution in [1.29, 1.82) is 0 Å². The van der Waals surface area contributed by atoms with Crippen molar-refractivity contribution in [2.24, 2.45) is 7.05 Å². The van der Waals surface area contributed by atoms with E-state index in [0.29, 0.717) is 34.4 Å². The zero-order chi connectivity index (χ0) is 25.4. The minimum atomic E-state index is -0.424. The highest BCUT2D eigenvalue weighted by atomic mass is 32.2. The molecule has 184 valence electrons. The fourth-order valence-corrected chi connectivity index (χ4v) is 4.01. The van der Waals surface area contributed by atoms with E-state index in [0.717, 1.165) is 12.0 Å². The summed E-state index contributed by atoms with van der Waals surface area (Å²) >= 11 is 1.22. The number of aryl methyl sites for hydroxylation is 1. The van der Waals surface area contributed by atoms with Gasteiger partial charge in [-0.25, -0.2) is 4.79 Å². The Bertz CT molecular complexity index is 1210.